The number of para-hydroxylation sites is 1. The lowest BCUT2D eigenvalue weighted by Gasteiger charge is -2.32. The largest absolute Gasteiger partial charge is 0.396 e. The summed E-state index contributed by atoms with van der Waals surface area (Å²) < 4.78 is 1.74. The molecule has 1 aliphatic heterocycles. The first-order valence-corrected chi connectivity index (χ1v) is 8.88. The summed E-state index contributed by atoms with van der Waals surface area (Å²) in [5.41, 5.74) is 1.86. The average molecular weight is 350 g/mol. The van der Waals surface area contributed by atoms with Gasteiger partial charge in [-0.1, -0.05) is 18.2 Å². The van der Waals surface area contributed by atoms with Gasteiger partial charge in [-0.3, -0.25) is 0 Å². The molecule has 2 aromatic heterocycles. The third-order valence-electron chi connectivity index (χ3n) is 4.62. The van der Waals surface area contributed by atoms with Crippen LogP contribution in [0.25, 0.3) is 5.69 Å². The molecule has 26 heavy (non-hydrogen) atoms. The third-order valence-corrected chi connectivity index (χ3v) is 4.62. The maximum absolute atomic E-state index is 9.44. The smallest absolute Gasteiger partial charge is 0.246 e. The molecule has 1 fully saturated rings. The summed E-state index contributed by atoms with van der Waals surface area (Å²) in [5, 5.41) is 17.1. The second-order valence-electron chi connectivity index (χ2n) is 6.51. The van der Waals surface area contributed by atoms with E-state index < -0.39 is 0 Å². The van der Waals surface area contributed by atoms with Gasteiger partial charge in [-0.15, -0.1) is 5.10 Å². The van der Waals surface area contributed by atoms with Crippen molar-refractivity contribution >= 4 is 17.5 Å². The molecule has 7 heteroatoms. The van der Waals surface area contributed by atoms with E-state index >= 15 is 0 Å². The highest BCUT2D eigenvalue weighted by atomic mass is 16.3. The van der Waals surface area contributed by atoms with Crippen LogP contribution in [0.15, 0.2) is 55.0 Å². The first kappa shape index (κ1) is 16.5. The van der Waals surface area contributed by atoms with Crippen LogP contribution in [0.3, 0.4) is 0 Å². The maximum Gasteiger partial charge on any atom is 0.246 e. The van der Waals surface area contributed by atoms with Gasteiger partial charge < -0.3 is 15.3 Å². The number of piperidine rings is 1. The molecular formula is C19H22N6O. The highest BCUT2D eigenvalue weighted by molar-refractivity contribution is 5.53. The molecule has 1 atom stereocenters. The second kappa shape index (κ2) is 7.53. The Labute approximate surface area is 152 Å². The van der Waals surface area contributed by atoms with Crippen molar-refractivity contribution in [3.63, 3.8) is 0 Å². The van der Waals surface area contributed by atoms with Crippen LogP contribution in [0, 0.1) is 5.92 Å². The minimum Gasteiger partial charge on any atom is -0.396 e. The van der Waals surface area contributed by atoms with Gasteiger partial charge in [0.15, 0.2) is 0 Å². The minimum atomic E-state index is 0.230. The topological polar surface area (TPSA) is 79.1 Å². The lowest BCUT2D eigenvalue weighted by atomic mass is 9.99. The summed E-state index contributed by atoms with van der Waals surface area (Å²) in [7, 11) is 0. The maximum atomic E-state index is 9.44. The monoisotopic (exact) mass is 350 g/mol. The van der Waals surface area contributed by atoms with Crippen molar-refractivity contribution in [3.8, 4) is 5.69 Å². The van der Waals surface area contributed by atoms with Crippen LogP contribution < -0.4 is 10.2 Å². The number of nitrogens with one attached hydrogen (secondary N) is 1. The van der Waals surface area contributed by atoms with E-state index in [4.69, 9.17) is 0 Å². The predicted octanol–water partition coefficient (Wildman–Crippen LogP) is 2.61. The second-order valence-corrected chi connectivity index (χ2v) is 6.51. The summed E-state index contributed by atoms with van der Waals surface area (Å²) in [6, 6.07) is 13.8. The van der Waals surface area contributed by atoms with Crippen molar-refractivity contribution in [2.45, 2.75) is 12.8 Å². The van der Waals surface area contributed by atoms with E-state index in [0.717, 1.165) is 43.1 Å². The van der Waals surface area contributed by atoms with Gasteiger partial charge in [0, 0.05) is 37.6 Å². The van der Waals surface area contributed by atoms with Gasteiger partial charge in [0.25, 0.3) is 0 Å². The molecule has 0 spiro atoms. The number of rotatable bonds is 5. The van der Waals surface area contributed by atoms with E-state index in [-0.39, 0.29) is 6.61 Å². The van der Waals surface area contributed by atoms with Crippen LogP contribution in [0.5, 0.6) is 0 Å². The first-order valence-electron chi connectivity index (χ1n) is 8.88. The first-order chi connectivity index (χ1) is 12.8. The third kappa shape index (κ3) is 3.67. The number of pyridine rings is 1. The standard InChI is InChI=1S/C19H22N6O/c26-13-15-5-4-10-24(12-15)18-11-17(8-9-20-18)25-14-21-19(23-25)22-16-6-2-1-3-7-16/h1-3,6-9,11,14-15,26H,4-5,10,12-13H2,(H,22,23)/t15-/m0/s1. The number of aliphatic hydroxyl groups is 1. The van der Waals surface area contributed by atoms with Gasteiger partial charge in [-0.25, -0.2) is 9.67 Å². The zero-order valence-corrected chi connectivity index (χ0v) is 14.5. The van der Waals surface area contributed by atoms with Gasteiger partial charge >= 0.3 is 0 Å². The highest BCUT2D eigenvalue weighted by Gasteiger charge is 2.20. The van der Waals surface area contributed by atoms with Gasteiger partial charge in [0.2, 0.25) is 5.95 Å². The van der Waals surface area contributed by atoms with Crippen LogP contribution in [0.4, 0.5) is 17.5 Å². The molecule has 1 aliphatic rings. The molecule has 7 nitrogen and oxygen atoms in total. The molecule has 1 saturated heterocycles. The summed E-state index contributed by atoms with van der Waals surface area (Å²) in [6.45, 7) is 2.03. The summed E-state index contributed by atoms with van der Waals surface area (Å²) in [5.74, 6) is 1.78. The summed E-state index contributed by atoms with van der Waals surface area (Å²) in [6.07, 6.45) is 5.63. The van der Waals surface area contributed by atoms with Crippen LogP contribution in [-0.4, -0.2) is 44.6 Å². The molecule has 2 N–H and O–H groups in total. The Hall–Kier alpha value is -2.93. The van der Waals surface area contributed by atoms with Crippen LogP contribution in [0.2, 0.25) is 0 Å². The fourth-order valence-corrected chi connectivity index (χ4v) is 3.24. The van der Waals surface area contributed by atoms with Crippen molar-refractivity contribution in [1.29, 1.82) is 0 Å². The van der Waals surface area contributed by atoms with Gasteiger partial charge in [0.05, 0.1) is 5.69 Å². The number of aromatic nitrogens is 4. The van der Waals surface area contributed by atoms with E-state index in [9.17, 15) is 5.11 Å². The predicted molar refractivity (Wildman–Crippen MR) is 101 cm³/mol. The van der Waals surface area contributed by atoms with E-state index in [1.807, 2.05) is 42.5 Å². The molecule has 134 valence electrons. The molecule has 3 aromatic rings. The zero-order chi connectivity index (χ0) is 17.8. The van der Waals surface area contributed by atoms with Crippen molar-refractivity contribution in [2.75, 3.05) is 29.9 Å². The average Bonchev–Trinajstić information content (AvgIpc) is 3.17. The zero-order valence-electron chi connectivity index (χ0n) is 14.5. The van der Waals surface area contributed by atoms with E-state index in [1.54, 1.807) is 17.2 Å². The van der Waals surface area contributed by atoms with Crippen molar-refractivity contribution in [1.82, 2.24) is 19.7 Å². The Morgan fingerprint density at radius 2 is 2.04 bits per heavy atom. The van der Waals surface area contributed by atoms with Crippen LogP contribution in [0.1, 0.15) is 12.8 Å². The summed E-state index contributed by atoms with van der Waals surface area (Å²) >= 11 is 0. The molecule has 0 saturated carbocycles. The van der Waals surface area contributed by atoms with Gasteiger partial charge in [-0.2, -0.15) is 4.98 Å². The minimum absolute atomic E-state index is 0.230. The molecule has 4 rings (SSSR count). The van der Waals surface area contributed by atoms with Crippen molar-refractivity contribution < 1.29 is 5.11 Å². The number of anilines is 3. The Morgan fingerprint density at radius 1 is 1.15 bits per heavy atom. The number of nitrogens with zero attached hydrogens (tertiary/aromatic N) is 5. The Bertz CT molecular complexity index is 850. The molecule has 0 radical (unpaired) electrons. The highest BCUT2D eigenvalue weighted by Crippen LogP contribution is 2.23. The molecule has 0 aliphatic carbocycles. The summed E-state index contributed by atoms with van der Waals surface area (Å²) in [4.78, 5) is 11.1. The Kier molecular flexibility index (Phi) is 4.79. The Balaban J connectivity index is 1.52. The fraction of sp³-hybridized carbons (Fsp3) is 0.316. The van der Waals surface area contributed by atoms with Gasteiger partial charge in [-0.05, 0) is 37.0 Å². The molecule has 3 heterocycles. The molecule has 0 bridgehead atoms. The number of hydrogen-bond donors (Lipinski definition) is 2. The molecule has 1 aromatic carbocycles. The molecule has 0 unspecified atom stereocenters. The van der Waals surface area contributed by atoms with Crippen LogP contribution in [-0.2, 0) is 0 Å². The SMILES string of the molecule is OC[C@H]1CCCN(c2cc(-n3cnc(Nc4ccccc4)n3)ccn2)C1. The van der Waals surface area contributed by atoms with Crippen molar-refractivity contribution in [3.05, 3.63) is 55.0 Å². The fourth-order valence-electron chi connectivity index (χ4n) is 3.24. The number of hydrogen-bond acceptors (Lipinski definition) is 6. The molecular weight excluding hydrogens is 328 g/mol. The number of aliphatic hydroxyl groups excluding tert-OH is 1. The quantitative estimate of drug-likeness (QED) is 0.736. The lowest BCUT2D eigenvalue weighted by Crippen LogP contribution is -2.37. The number of benzene rings is 1. The van der Waals surface area contributed by atoms with E-state index in [0.29, 0.717) is 11.9 Å². The van der Waals surface area contributed by atoms with Crippen LogP contribution >= 0.6 is 0 Å². The van der Waals surface area contributed by atoms with Crippen molar-refractivity contribution in [2.24, 2.45) is 5.92 Å². The lowest BCUT2D eigenvalue weighted by molar-refractivity contribution is 0.208. The molecule has 0 amide bonds. The Morgan fingerprint density at radius 3 is 2.88 bits per heavy atom. The van der Waals surface area contributed by atoms with Gasteiger partial charge in [0.1, 0.15) is 12.1 Å². The van der Waals surface area contributed by atoms with E-state index in [2.05, 4.69) is 25.3 Å². The van der Waals surface area contributed by atoms with E-state index in [1.165, 1.54) is 0 Å². The normalized spacial score (nSPS) is 17.3.